The number of hydrogen-bond donors (Lipinski definition) is 2. The van der Waals surface area contributed by atoms with Gasteiger partial charge in [0, 0.05) is 43.7 Å². The summed E-state index contributed by atoms with van der Waals surface area (Å²) in [6, 6.07) is 22.6. The van der Waals surface area contributed by atoms with Crippen LogP contribution in [0.2, 0.25) is 0 Å². The van der Waals surface area contributed by atoms with E-state index < -0.39 is 6.36 Å². The number of rotatable bonds is 8. The van der Waals surface area contributed by atoms with E-state index in [0.717, 1.165) is 53.5 Å². The Labute approximate surface area is 226 Å². The minimum Gasteiger partial charge on any atom is -0.405 e. The minimum atomic E-state index is -4.76. The summed E-state index contributed by atoms with van der Waals surface area (Å²) in [4.78, 5) is 11.4. The largest absolute Gasteiger partial charge is 0.573 e. The van der Waals surface area contributed by atoms with Crippen molar-refractivity contribution in [3.8, 4) is 16.9 Å². The van der Waals surface area contributed by atoms with Gasteiger partial charge in [-0.25, -0.2) is 4.98 Å². The predicted octanol–water partition coefficient (Wildman–Crippen LogP) is 6.77. The number of benzene rings is 3. The highest BCUT2D eigenvalue weighted by Crippen LogP contribution is 2.34. The summed E-state index contributed by atoms with van der Waals surface area (Å²) >= 11 is 0. The van der Waals surface area contributed by atoms with Gasteiger partial charge in [0.15, 0.2) is 0 Å². The SMILES string of the molecule is CN(C)c1nc(NC2CCC(NCc3c(OC(F)(F)F)cccc3-c3ccccc3)CC2)nc2ccccc12. The third-order valence-electron chi connectivity index (χ3n) is 7.08. The molecule has 0 atom stereocenters. The molecule has 9 heteroatoms. The second-order valence-corrected chi connectivity index (χ2v) is 10.1. The zero-order chi connectivity index (χ0) is 27.4. The highest BCUT2D eigenvalue weighted by Gasteiger charge is 2.33. The molecule has 0 radical (unpaired) electrons. The molecule has 1 aliphatic rings. The number of fused-ring (bicyclic) bond motifs is 1. The van der Waals surface area contributed by atoms with Crippen molar-refractivity contribution >= 4 is 22.7 Å². The lowest BCUT2D eigenvalue weighted by molar-refractivity contribution is -0.274. The first-order valence-electron chi connectivity index (χ1n) is 13.1. The lowest BCUT2D eigenvalue weighted by atomic mass is 9.90. The Hall–Kier alpha value is -3.85. The fraction of sp³-hybridized carbons (Fsp3) is 0.333. The molecule has 1 heterocycles. The van der Waals surface area contributed by atoms with Crippen molar-refractivity contribution in [3.63, 3.8) is 0 Å². The summed E-state index contributed by atoms with van der Waals surface area (Å²) in [5, 5.41) is 8.01. The minimum absolute atomic E-state index is 0.170. The van der Waals surface area contributed by atoms with Crippen LogP contribution in [0.25, 0.3) is 22.0 Å². The maximum absolute atomic E-state index is 13.2. The standard InChI is InChI=1S/C30H32F3N5O/c1-38(2)28-24-11-6-7-13-26(24)36-29(37-28)35-22-17-15-21(16-18-22)34-19-25-23(20-9-4-3-5-10-20)12-8-14-27(25)39-30(31,32)33/h3-14,21-22,34H,15-19H2,1-2H3,(H,35,36,37). The fourth-order valence-corrected chi connectivity index (χ4v) is 5.19. The molecule has 2 N–H and O–H groups in total. The first-order valence-corrected chi connectivity index (χ1v) is 13.1. The first kappa shape index (κ1) is 26.7. The highest BCUT2D eigenvalue weighted by atomic mass is 19.4. The van der Waals surface area contributed by atoms with Crippen LogP contribution in [-0.4, -0.2) is 42.5 Å². The van der Waals surface area contributed by atoms with E-state index in [1.165, 1.54) is 6.07 Å². The monoisotopic (exact) mass is 535 g/mol. The molecular formula is C30H32F3N5O. The summed E-state index contributed by atoms with van der Waals surface area (Å²) in [5.74, 6) is 1.31. The van der Waals surface area contributed by atoms with Gasteiger partial charge in [-0.3, -0.25) is 0 Å². The fourth-order valence-electron chi connectivity index (χ4n) is 5.19. The van der Waals surface area contributed by atoms with Crippen LogP contribution in [0, 0.1) is 0 Å². The zero-order valence-corrected chi connectivity index (χ0v) is 22.0. The van der Waals surface area contributed by atoms with Gasteiger partial charge in [-0.15, -0.1) is 13.2 Å². The van der Waals surface area contributed by atoms with Crippen molar-refractivity contribution in [2.24, 2.45) is 0 Å². The first-order chi connectivity index (χ1) is 18.8. The van der Waals surface area contributed by atoms with Gasteiger partial charge in [0.2, 0.25) is 5.95 Å². The van der Waals surface area contributed by atoms with E-state index in [2.05, 4.69) is 15.4 Å². The van der Waals surface area contributed by atoms with E-state index in [4.69, 9.17) is 9.97 Å². The van der Waals surface area contributed by atoms with Crippen molar-refractivity contribution in [1.82, 2.24) is 15.3 Å². The van der Waals surface area contributed by atoms with Crippen LogP contribution in [-0.2, 0) is 6.54 Å². The molecule has 0 saturated heterocycles. The van der Waals surface area contributed by atoms with Crippen molar-refractivity contribution < 1.29 is 17.9 Å². The Kier molecular flexibility index (Phi) is 7.88. The molecule has 4 aromatic rings. The number of alkyl halides is 3. The van der Waals surface area contributed by atoms with E-state index in [9.17, 15) is 13.2 Å². The summed E-state index contributed by atoms with van der Waals surface area (Å²) in [6.45, 7) is 0.277. The Balaban J connectivity index is 1.25. The number of para-hydroxylation sites is 1. The summed E-state index contributed by atoms with van der Waals surface area (Å²) in [7, 11) is 3.94. The quantitative estimate of drug-likeness (QED) is 0.260. The Morgan fingerprint density at radius 1 is 0.846 bits per heavy atom. The average molecular weight is 536 g/mol. The lowest BCUT2D eigenvalue weighted by Gasteiger charge is -2.30. The summed E-state index contributed by atoms with van der Waals surface area (Å²) in [5.41, 5.74) is 2.97. The van der Waals surface area contributed by atoms with Crippen molar-refractivity contribution in [3.05, 3.63) is 78.4 Å². The molecule has 5 rings (SSSR count). The van der Waals surface area contributed by atoms with E-state index in [1.54, 1.807) is 6.07 Å². The number of aromatic nitrogens is 2. The van der Waals surface area contributed by atoms with Crippen LogP contribution >= 0.6 is 0 Å². The van der Waals surface area contributed by atoms with Crippen LogP contribution in [0.1, 0.15) is 31.2 Å². The molecule has 39 heavy (non-hydrogen) atoms. The summed E-state index contributed by atoms with van der Waals surface area (Å²) in [6.07, 6.45) is -1.19. The maximum atomic E-state index is 13.2. The van der Waals surface area contributed by atoms with Crippen molar-refractivity contribution in [2.45, 2.75) is 50.7 Å². The highest BCUT2D eigenvalue weighted by molar-refractivity contribution is 5.90. The molecule has 0 aliphatic heterocycles. The van der Waals surface area contributed by atoms with Gasteiger partial charge in [0.05, 0.1) is 5.52 Å². The predicted molar refractivity (Wildman–Crippen MR) is 149 cm³/mol. The van der Waals surface area contributed by atoms with Gasteiger partial charge in [-0.2, -0.15) is 4.98 Å². The third kappa shape index (κ3) is 6.60. The molecule has 6 nitrogen and oxygen atoms in total. The number of halogens is 3. The average Bonchev–Trinajstić information content (AvgIpc) is 2.92. The van der Waals surface area contributed by atoms with Gasteiger partial charge in [0.1, 0.15) is 11.6 Å². The lowest BCUT2D eigenvalue weighted by Crippen LogP contribution is -2.37. The smallest absolute Gasteiger partial charge is 0.405 e. The topological polar surface area (TPSA) is 62.3 Å². The molecule has 0 bridgehead atoms. The van der Waals surface area contributed by atoms with Crippen LogP contribution in [0.15, 0.2) is 72.8 Å². The van der Waals surface area contributed by atoms with Crippen LogP contribution in [0.5, 0.6) is 5.75 Å². The van der Waals surface area contributed by atoms with Gasteiger partial charge in [0.25, 0.3) is 0 Å². The molecule has 1 aliphatic carbocycles. The van der Waals surface area contributed by atoms with E-state index in [0.29, 0.717) is 11.5 Å². The molecule has 0 amide bonds. The Morgan fingerprint density at radius 3 is 2.26 bits per heavy atom. The van der Waals surface area contributed by atoms with Gasteiger partial charge in [-0.05, 0) is 55.0 Å². The normalized spacial score (nSPS) is 17.7. The molecule has 0 unspecified atom stereocenters. The molecule has 1 fully saturated rings. The Morgan fingerprint density at radius 2 is 1.54 bits per heavy atom. The van der Waals surface area contributed by atoms with Gasteiger partial charge >= 0.3 is 6.36 Å². The van der Waals surface area contributed by atoms with Crippen LogP contribution < -0.4 is 20.3 Å². The number of nitrogens with zero attached hydrogens (tertiary/aromatic N) is 3. The van der Waals surface area contributed by atoms with Crippen LogP contribution in [0.3, 0.4) is 0 Å². The molecule has 204 valence electrons. The molecular weight excluding hydrogens is 503 g/mol. The van der Waals surface area contributed by atoms with Gasteiger partial charge < -0.3 is 20.3 Å². The zero-order valence-electron chi connectivity index (χ0n) is 22.0. The van der Waals surface area contributed by atoms with Crippen molar-refractivity contribution in [2.75, 3.05) is 24.3 Å². The van der Waals surface area contributed by atoms with E-state index in [1.807, 2.05) is 79.7 Å². The Bertz CT molecular complexity index is 1400. The van der Waals surface area contributed by atoms with Crippen molar-refractivity contribution in [1.29, 1.82) is 0 Å². The van der Waals surface area contributed by atoms with Gasteiger partial charge in [-0.1, -0.05) is 54.6 Å². The second kappa shape index (κ2) is 11.5. The molecule has 0 spiro atoms. The second-order valence-electron chi connectivity index (χ2n) is 10.1. The number of nitrogens with one attached hydrogen (secondary N) is 2. The molecule has 3 aromatic carbocycles. The summed E-state index contributed by atoms with van der Waals surface area (Å²) < 4.78 is 43.9. The van der Waals surface area contributed by atoms with E-state index in [-0.39, 0.29) is 24.4 Å². The van der Waals surface area contributed by atoms with Crippen LogP contribution in [0.4, 0.5) is 24.9 Å². The molecule has 1 saturated carbocycles. The maximum Gasteiger partial charge on any atom is 0.573 e. The number of anilines is 2. The number of ether oxygens (including phenoxy) is 1. The third-order valence-corrected chi connectivity index (χ3v) is 7.08. The van der Waals surface area contributed by atoms with E-state index >= 15 is 0 Å². The molecule has 1 aromatic heterocycles. The number of hydrogen-bond acceptors (Lipinski definition) is 6.